The first-order chi connectivity index (χ1) is 14.2. The van der Waals surface area contributed by atoms with Crippen LogP contribution in [0.1, 0.15) is 19.4 Å². The summed E-state index contributed by atoms with van der Waals surface area (Å²) in [5.41, 5.74) is 2.22. The number of ether oxygens (including phenoxy) is 1. The van der Waals surface area contributed by atoms with Gasteiger partial charge in [-0.15, -0.1) is 11.3 Å². The van der Waals surface area contributed by atoms with Crippen LogP contribution in [-0.2, 0) is 0 Å². The van der Waals surface area contributed by atoms with Crippen molar-refractivity contribution >= 4 is 28.5 Å². The first kappa shape index (κ1) is 19.0. The maximum Gasteiger partial charge on any atom is 0.206 e. The Kier molecular flexibility index (Phi) is 5.48. The number of rotatable bonds is 6. The van der Waals surface area contributed by atoms with Crippen molar-refractivity contribution < 1.29 is 14.3 Å². The summed E-state index contributed by atoms with van der Waals surface area (Å²) < 4.78 is 13.2. The van der Waals surface area contributed by atoms with E-state index in [2.05, 4.69) is 10.1 Å². The number of para-hydroxylation sites is 1. The van der Waals surface area contributed by atoms with E-state index in [1.807, 2.05) is 49.6 Å². The number of nitrogens with zero attached hydrogens (tertiary/aromatic N) is 3. The molecule has 1 N–H and O–H groups in total. The number of benzene rings is 2. The molecule has 0 fully saturated rings. The predicted molar refractivity (Wildman–Crippen MR) is 116 cm³/mol. The molecule has 0 aliphatic rings. The molecule has 0 bridgehead atoms. The number of hydrogen-bond acceptors (Lipinski definition) is 6. The maximum atomic E-state index is 10.3. The summed E-state index contributed by atoms with van der Waals surface area (Å²) in [6.45, 7) is 5.06. The molecule has 4 rings (SSSR count). The van der Waals surface area contributed by atoms with Crippen LogP contribution in [-0.4, -0.2) is 29.1 Å². The van der Waals surface area contributed by atoms with E-state index in [0.717, 1.165) is 21.5 Å². The van der Waals surface area contributed by atoms with E-state index in [9.17, 15) is 5.11 Å². The van der Waals surface area contributed by atoms with Gasteiger partial charge in [0.2, 0.25) is 4.80 Å². The van der Waals surface area contributed by atoms with Crippen LogP contribution < -0.4 is 9.54 Å². The molecule has 148 valence electrons. The van der Waals surface area contributed by atoms with Crippen molar-refractivity contribution in [2.24, 2.45) is 10.1 Å². The van der Waals surface area contributed by atoms with Gasteiger partial charge >= 0.3 is 0 Å². The number of furan rings is 1. The number of phenols is 1. The molecule has 0 saturated heterocycles. The zero-order chi connectivity index (χ0) is 20.2. The van der Waals surface area contributed by atoms with Crippen molar-refractivity contribution in [2.75, 3.05) is 13.2 Å². The average molecular weight is 407 g/mol. The van der Waals surface area contributed by atoms with Crippen LogP contribution in [0.15, 0.2) is 68.4 Å². The van der Waals surface area contributed by atoms with Crippen LogP contribution in [0.25, 0.3) is 22.4 Å². The zero-order valence-corrected chi connectivity index (χ0v) is 17.0. The molecule has 29 heavy (non-hydrogen) atoms. The lowest BCUT2D eigenvalue weighted by atomic mass is 10.2. The SMILES string of the molecule is CCN=c1scc(-c2cc3ccccc3o2)n1N=Cc1ccc(OCC)cc1O. The monoisotopic (exact) mass is 407 g/mol. The highest BCUT2D eigenvalue weighted by atomic mass is 32.1. The van der Waals surface area contributed by atoms with Crippen LogP contribution in [0.4, 0.5) is 0 Å². The fourth-order valence-electron chi connectivity index (χ4n) is 2.94. The van der Waals surface area contributed by atoms with E-state index in [1.54, 1.807) is 29.1 Å². The van der Waals surface area contributed by atoms with Gasteiger partial charge in [-0.1, -0.05) is 18.2 Å². The van der Waals surface area contributed by atoms with Crippen molar-refractivity contribution in [3.8, 4) is 23.0 Å². The van der Waals surface area contributed by atoms with Gasteiger partial charge in [0.25, 0.3) is 0 Å². The smallest absolute Gasteiger partial charge is 0.206 e. The number of aromatic hydroxyl groups is 1. The Hall–Kier alpha value is -3.32. The van der Waals surface area contributed by atoms with E-state index in [0.29, 0.717) is 30.2 Å². The number of aromatic nitrogens is 1. The molecular formula is C22H21N3O3S. The minimum absolute atomic E-state index is 0.106. The highest BCUT2D eigenvalue weighted by Gasteiger charge is 2.13. The third-order valence-electron chi connectivity index (χ3n) is 4.28. The maximum absolute atomic E-state index is 10.3. The standard InChI is InChI=1S/C22H21N3O3S/c1-3-23-22-25(24-13-16-9-10-17(27-4-2)12-19(16)26)18(14-29-22)21-11-15-7-5-6-8-20(15)28-21/h5-14,26H,3-4H2,1-2H3. The van der Waals surface area contributed by atoms with E-state index < -0.39 is 0 Å². The third kappa shape index (κ3) is 3.95. The van der Waals surface area contributed by atoms with Crippen molar-refractivity contribution in [1.82, 2.24) is 4.68 Å². The summed E-state index contributed by atoms with van der Waals surface area (Å²) >= 11 is 1.49. The minimum atomic E-state index is 0.106. The van der Waals surface area contributed by atoms with Gasteiger partial charge in [-0.05, 0) is 38.1 Å². The lowest BCUT2D eigenvalue weighted by Crippen LogP contribution is -2.12. The lowest BCUT2D eigenvalue weighted by molar-refractivity contribution is 0.337. The second-order valence-corrected chi connectivity index (χ2v) is 7.07. The average Bonchev–Trinajstić information content (AvgIpc) is 3.31. The molecule has 0 radical (unpaired) electrons. The fraction of sp³-hybridized carbons (Fsp3) is 0.182. The second kappa shape index (κ2) is 8.36. The lowest BCUT2D eigenvalue weighted by Gasteiger charge is -2.05. The molecule has 0 aliphatic heterocycles. The van der Waals surface area contributed by atoms with E-state index >= 15 is 0 Å². The molecule has 2 heterocycles. The molecule has 7 heteroatoms. The highest BCUT2D eigenvalue weighted by molar-refractivity contribution is 7.07. The topological polar surface area (TPSA) is 72.2 Å². The van der Waals surface area contributed by atoms with Gasteiger partial charge in [0, 0.05) is 28.9 Å². The van der Waals surface area contributed by atoms with Crippen LogP contribution in [0.2, 0.25) is 0 Å². The Morgan fingerprint density at radius 2 is 2.03 bits per heavy atom. The third-order valence-corrected chi connectivity index (χ3v) is 5.14. The number of fused-ring (bicyclic) bond motifs is 1. The van der Waals surface area contributed by atoms with Crippen molar-refractivity contribution in [3.05, 3.63) is 64.3 Å². The highest BCUT2D eigenvalue weighted by Crippen LogP contribution is 2.28. The van der Waals surface area contributed by atoms with Gasteiger partial charge in [0.1, 0.15) is 22.8 Å². The molecule has 0 unspecified atom stereocenters. The fourth-order valence-corrected chi connectivity index (χ4v) is 3.82. The van der Waals surface area contributed by atoms with Gasteiger partial charge in [0.05, 0.1) is 12.8 Å². The Labute approximate surface area is 172 Å². The largest absolute Gasteiger partial charge is 0.507 e. The summed E-state index contributed by atoms with van der Waals surface area (Å²) in [6, 6.07) is 15.0. The summed E-state index contributed by atoms with van der Waals surface area (Å²) in [5, 5.41) is 17.9. The van der Waals surface area contributed by atoms with Gasteiger partial charge < -0.3 is 14.3 Å². The first-order valence-electron chi connectivity index (χ1n) is 9.39. The summed E-state index contributed by atoms with van der Waals surface area (Å²) in [6.07, 6.45) is 1.61. The van der Waals surface area contributed by atoms with Gasteiger partial charge in [-0.25, -0.2) is 4.68 Å². The predicted octanol–water partition coefficient (Wildman–Crippen LogP) is 4.87. The van der Waals surface area contributed by atoms with Crippen molar-refractivity contribution in [1.29, 1.82) is 0 Å². The van der Waals surface area contributed by atoms with Crippen molar-refractivity contribution in [2.45, 2.75) is 13.8 Å². The summed E-state index contributed by atoms with van der Waals surface area (Å²) in [4.78, 5) is 5.28. The van der Waals surface area contributed by atoms with Crippen molar-refractivity contribution in [3.63, 3.8) is 0 Å². The Balaban J connectivity index is 1.76. The van der Waals surface area contributed by atoms with Gasteiger partial charge in [-0.3, -0.25) is 4.99 Å². The second-order valence-electron chi connectivity index (χ2n) is 6.24. The Bertz CT molecular complexity index is 1200. The molecule has 0 saturated carbocycles. The molecule has 4 aromatic rings. The molecule has 2 aromatic carbocycles. The van der Waals surface area contributed by atoms with E-state index in [1.165, 1.54) is 11.3 Å². The van der Waals surface area contributed by atoms with E-state index in [-0.39, 0.29) is 5.75 Å². The number of hydrogen-bond donors (Lipinski definition) is 1. The molecule has 6 nitrogen and oxygen atoms in total. The zero-order valence-electron chi connectivity index (χ0n) is 16.2. The van der Waals surface area contributed by atoms with E-state index in [4.69, 9.17) is 9.15 Å². The Morgan fingerprint density at radius 1 is 1.17 bits per heavy atom. The molecule has 0 aliphatic carbocycles. The Morgan fingerprint density at radius 3 is 2.79 bits per heavy atom. The van der Waals surface area contributed by atoms with Crippen LogP contribution >= 0.6 is 11.3 Å². The molecular weight excluding hydrogens is 386 g/mol. The number of thiazole rings is 1. The molecule has 0 amide bonds. The summed E-state index contributed by atoms with van der Waals surface area (Å²) in [5.74, 6) is 1.44. The van der Waals surface area contributed by atoms with Crippen LogP contribution in [0.5, 0.6) is 11.5 Å². The van der Waals surface area contributed by atoms with Crippen LogP contribution in [0, 0.1) is 0 Å². The first-order valence-corrected chi connectivity index (χ1v) is 10.3. The molecule has 2 aromatic heterocycles. The minimum Gasteiger partial charge on any atom is -0.507 e. The summed E-state index contributed by atoms with van der Waals surface area (Å²) in [7, 11) is 0. The van der Waals surface area contributed by atoms with Crippen LogP contribution in [0.3, 0.4) is 0 Å². The number of phenolic OH excluding ortho intramolecular Hbond substituents is 1. The molecule has 0 spiro atoms. The quantitative estimate of drug-likeness (QED) is 0.464. The molecule has 0 atom stereocenters. The van der Waals surface area contributed by atoms with Gasteiger partial charge in [-0.2, -0.15) is 5.10 Å². The van der Waals surface area contributed by atoms with Gasteiger partial charge in [0.15, 0.2) is 5.76 Å². The normalized spacial score (nSPS) is 12.3.